The second-order valence-electron chi connectivity index (χ2n) is 4.69. The van der Waals surface area contributed by atoms with Crippen molar-refractivity contribution in [2.45, 2.75) is 26.2 Å². The molecule has 1 aliphatic carbocycles. The van der Waals surface area contributed by atoms with Gasteiger partial charge in [-0.25, -0.2) is 0 Å². The summed E-state index contributed by atoms with van der Waals surface area (Å²) >= 11 is 0. The molecule has 1 saturated carbocycles. The molecule has 94 valence electrons. The van der Waals surface area contributed by atoms with Gasteiger partial charge in [-0.3, -0.25) is 4.79 Å². The van der Waals surface area contributed by atoms with Crippen LogP contribution in [-0.4, -0.2) is 17.6 Å². The highest BCUT2D eigenvalue weighted by Gasteiger charge is 2.24. The van der Waals surface area contributed by atoms with E-state index in [0.29, 0.717) is 12.3 Å². The SMILES string of the molecule is Cc1cc(NC(=O)CC2CC2)ccc1C#CCO. The van der Waals surface area contributed by atoms with Crippen LogP contribution in [0.4, 0.5) is 5.69 Å². The number of benzene rings is 1. The van der Waals surface area contributed by atoms with Crippen molar-refractivity contribution in [3.8, 4) is 11.8 Å². The van der Waals surface area contributed by atoms with Crippen molar-refractivity contribution in [3.05, 3.63) is 29.3 Å². The minimum Gasteiger partial charge on any atom is -0.384 e. The van der Waals surface area contributed by atoms with Gasteiger partial charge in [-0.1, -0.05) is 11.8 Å². The number of amides is 1. The van der Waals surface area contributed by atoms with Crippen LogP contribution in [0.1, 0.15) is 30.4 Å². The largest absolute Gasteiger partial charge is 0.384 e. The van der Waals surface area contributed by atoms with Gasteiger partial charge < -0.3 is 10.4 Å². The Kier molecular flexibility index (Phi) is 4.01. The number of carbonyl (C=O) groups excluding carboxylic acids is 1. The van der Waals surface area contributed by atoms with E-state index < -0.39 is 0 Å². The molecule has 3 heteroatoms. The summed E-state index contributed by atoms with van der Waals surface area (Å²) in [5.41, 5.74) is 2.69. The van der Waals surface area contributed by atoms with E-state index in [4.69, 9.17) is 5.11 Å². The highest BCUT2D eigenvalue weighted by molar-refractivity contribution is 5.91. The molecule has 2 N–H and O–H groups in total. The first-order valence-electron chi connectivity index (χ1n) is 6.19. The lowest BCUT2D eigenvalue weighted by atomic mass is 10.1. The molecule has 1 aromatic carbocycles. The molecule has 1 aliphatic rings. The zero-order valence-corrected chi connectivity index (χ0v) is 10.5. The minimum absolute atomic E-state index is 0.0890. The lowest BCUT2D eigenvalue weighted by molar-refractivity contribution is -0.116. The van der Waals surface area contributed by atoms with E-state index in [1.54, 1.807) is 0 Å². The van der Waals surface area contributed by atoms with Gasteiger partial charge in [0, 0.05) is 17.7 Å². The van der Waals surface area contributed by atoms with Crippen molar-refractivity contribution >= 4 is 11.6 Å². The zero-order valence-electron chi connectivity index (χ0n) is 10.5. The molecule has 0 aromatic heterocycles. The van der Waals surface area contributed by atoms with E-state index in [-0.39, 0.29) is 12.5 Å². The summed E-state index contributed by atoms with van der Waals surface area (Å²) in [7, 11) is 0. The van der Waals surface area contributed by atoms with Crippen LogP contribution in [-0.2, 0) is 4.79 Å². The second-order valence-corrected chi connectivity index (χ2v) is 4.69. The van der Waals surface area contributed by atoms with Crippen LogP contribution < -0.4 is 5.32 Å². The third-order valence-corrected chi connectivity index (χ3v) is 2.98. The standard InChI is InChI=1S/C15H17NO2/c1-11-9-14(7-6-13(11)3-2-8-17)16-15(18)10-12-4-5-12/h6-7,9,12,17H,4-5,8,10H2,1H3,(H,16,18). The van der Waals surface area contributed by atoms with Crippen molar-refractivity contribution < 1.29 is 9.90 Å². The first-order chi connectivity index (χ1) is 8.69. The van der Waals surface area contributed by atoms with Gasteiger partial charge in [-0.15, -0.1) is 0 Å². The second kappa shape index (κ2) is 5.70. The highest BCUT2D eigenvalue weighted by Crippen LogP contribution is 2.32. The number of aryl methyl sites for hydroxylation is 1. The zero-order chi connectivity index (χ0) is 13.0. The van der Waals surface area contributed by atoms with Gasteiger partial charge in [0.15, 0.2) is 0 Å². The maximum absolute atomic E-state index is 11.7. The van der Waals surface area contributed by atoms with Crippen molar-refractivity contribution in [1.29, 1.82) is 0 Å². The van der Waals surface area contributed by atoms with Gasteiger partial charge in [0.2, 0.25) is 5.91 Å². The first-order valence-corrected chi connectivity index (χ1v) is 6.19. The smallest absolute Gasteiger partial charge is 0.224 e. The minimum atomic E-state index is -0.140. The van der Waals surface area contributed by atoms with Crippen molar-refractivity contribution in [2.24, 2.45) is 5.92 Å². The molecule has 0 atom stereocenters. The molecule has 1 amide bonds. The Morgan fingerprint density at radius 2 is 2.28 bits per heavy atom. The lowest BCUT2D eigenvalue weighted by Crippen LogP contribution is -2.12. The van der Waals surface area contributed by atoms with Gasteiger partial charge >= 0.3 is 0 Å². The third kappa shape index (κ3) is 3.61. The summed E-state index contributed by atoms with van der Waals surface area (Å²) in [5, 5.41) is 11.6. The van der Waals surface area contributed by atoms with E-state index in [1.165, 1.54) is 12.8 Å². The summed E-state index contributed by atoms with van der Waals surface area (Å²) in [6, 6.07) is 5.62. The monoisotopic (exact) mass is 243 g/mol. The van der Waals surface area contributed by atoms with Crippen LogP contribution >= 0.6 is 0 Å². The van der Waals surface area contributed by atoms with Crippen molar-refractivity contribution in [2.75, 3.05) is 11.9 Å². The van der Waals surface area contributed by atoms with Crippen molar-refractivity contribution in [1.82, 2.24) is 0 Å². The maximum Gasteiger partial charge on any atom is 0.224 e. The topological polar surface area (TPSA) is 49.3 Å². The average molecular weight is 243 g/mol. The van der Waals surface area contributed by atoms with E-state index in [9.17, 15) is 4.79 Å². The Balaban J connectivity index is 2.01. The number of carbonyl (C=O) groups is 1. The Labute approximate surface area is 107 Å². The fraction of sp³-hybridized carbons (Fsp3) is 0.400. The predicted molar refractivity (Wildman–Crippen MR) is 71.1 cm³/mol. The van der Waals surface area contributed by atoms with E-state index >= 15 is 0 Å². The number of aliphatic hydroxyl groups excluding tert-OH is 1. The molecule has 1 aromatic rings. The molecule has 0 aliphatic heterocycles. The molecule has 0 unspecified atom stereocenters. The Morgan fingerprint density at radius 1 is 1.50 bits per heavy atom. The van der Waals surface area contributed by atoms with E-state index in [1.807, 2.05) is 25.1 Å². The van der Waals surface area contributed by atoms with Crippen molar-refractivity contribution in [3.63, 3.8) is 0 Å². The molecule has 0 radical (unpaired) electrons. The van der Waals surface area contributed by atoms with Crippen LogP contribution in [0.3, 0.4) is 0 Å². The van der Waals surface area contributed by atoms with Gasteiger partial charge in [0.05, 0.1) is 0 Å². The number of aliphatic hydroxyl groups is 1. The molecule has 2 rings (SSSR count). The Bertz CT molecular complexity index is 507. The molecule has 0 saturated heterocycles. The van der Waals surface area contributed by atoms with Gasteiger partial charge in [-0.2, -0.15) is 0 Å². The fourth-order valence-electron chi connectivity index (χ4n) is 1.81. The Hall–Kier alpha value is -1.79. The quantitative estimate of drug-likeness (QED) is 0.798. The van der Waals surface area contributed by atoms with Gasteiger partial charge in [0.25, 0.3) is 0 Å². The van der Waals surface area contributed by atoms with Gasteiger partial charge in [0.1, 0.15) is 6.61 Å². The molecular weight excluding hydrogens is 226 g/mol. The molecule has 0 spiro atoms. The Morgan fingerprint density at radius 3 is 2.89 bits per heavy atom. The number of nitrogens with one attached hydrogen (secondary N) is 1. The summed E-state index contributed by atoms with van der Waals surface area (Å²) in [5.74, 6) is 6.18. The number of hydrogen-bond donors (Lipinski definition) is 2. The van der Waals surface area contributed by atoms with E-state index in [2.05, 4.69) is 17.2 Å². The predicted octanol–water partition coefficient (Wildman–Crippen LogP) is 2.08. The molecular formula is C15H17NO2. The first kappa shape index (κ1) is 12.7. The summed E-state index contributed by atoms with van der Waals surface area (Å²) < 4.78 is 0. The van der Waals surface area contributed by atoms with Crippen LogP contribution in [0.15, 0.2) is 18.2 Å². The summed E-state index contributed by atoms with van der Waals surface area (Å²) in [6.07, 6.45) is 3.00. The third-order valence-electron chi connectivity index (χ3n) is 2.98. The number of rotatable bonds is 3. The van der Waals surface area contributed by atoms with Gasteiger partial charge in [-0.05, 0) is 49.4 Å². The average Bonchev–Trinajstić information content (AvgIpc) is 3.12. The fourth-order valence-corrected chi connectivity index (χ4v) is 1.81. The van der Waals surface area contributed by atoms with Crippen LogP contribution in [0, 0.1) is 24.7 Å². The maximum atomic E-state index is 11.7. The lowest BCUT2D eigenvalue weighted by Gasteiger charge is -2.06. The summed E-state index contributed by atoms with van der Waals surface area (Å²) in [6.45, 7) is 1.80. The van der Waals surface area contributed by atoms with E-state index in [0.717, 1.165) is 16.8 Å². The number of hydrogen-bond acceptors (Lipinski definition) is 2. The molecule has 18 heavy (non-hydrogen) atoms. The molecule has 1 fully saturated rings. The van der Waals surface area contributed by atoms with Crippen LogP contribution in [0.25, 0.3) is 0 Å². The van der Waals surface area contributed by atoms with Crippen LogP contribution in [0.2, 0.25) is 0 Å². The normalized spacial score (nSPS) is 13.7. The summed E-state index contributed by atoms with van der Waals surface area (Å²) in [4.78, 5) is 11.7. The highest BCUT2D eigenvalue weighted by atomic mass is 16.2. The molecule has 3 nitrogen and oxygen atoms in total. The molecule has 0 bridgehead atoms. The van der Waals surface area contributed by atoms with Crippen LogP contribution in [0.5, 0.6) is 0 Å². The number of anilines is 1. The molecule has 0 heterocycles.